The standard InChI is InChI=1S/C15H28N2O2/c1-11-5-7-15(10-18,8-6-11)17-14(19)13-4-2-3-12(13)9-16/h11-13,18H,2-10,16H2,1H3,(H,17,19). The van der Waals surface area contributed by atoms with E-state index in [1.165, 1.54) is 0 Å². The number of carbonyl (C=O) groups is 1. The lowest BCUT2D eigenvalue weighted by Gasteiger charge is -2.39. The molecule has 0 radical (unpaired) electrons. The van der Waals surface area contributed by atoms with Crippen molar-refractivity contribution in [2.75, 3.05) is 13.2 Å². The van der Waals surface area contributed by atoms with E-state index in [2.05, 4.69) is 12.2 Å². The van der Waals surface area contributed by atoms with Crippen molar-refractivity contribution >= 4 is 5.91 Å². The zero-order valence-electron chi connectivity index (χ0n) is 12.0. The van der Waals surface area contributed by atoms with Crippen LogP contribution in [0.5, 0.6) is 0 Å². The summed E-state index contributed by atoms with van der Waals surface area (Å²) in [5, 5.41) is 12.9. The lowest BCUT2D eigenvalue weighted by atomic mass is 9.77. The third-order valence-electron chi connectivity index (χ3n) is 5.22. The monoisotopic (exact) mass is 268 g/mol. The topological polar surface area (TPSA) is 75.3 Å². The van der Waals surface area contributed by atoms with Crippen molar-refractivity contribution < 1.29 is 9.90 Å². The van der Waals surface area contributed by atoms with Gasteiger partial charge < -0.3 is 16.2 Å². The number of nitrogens with one attached hydrogen (secondary N) is 1. The molecule has 2 atom stereocenters. The molecule has 2 rings (SSSR count). The van der Waals surface area contributed by atoms with Crippen LogP contribution in [0.25, 0.3) is 0 Å². The van der Waals surface area contributed by atoms with Crippen LogP contribution in [0.15, 0.2) is 0 Å². The quantitative estimate of drug-likeness (QED) is 0.722. The fraction of sp³-hybridized carbons (Fsp3) is 0.933. The highest BCUT2D eigenvalue weighted by Crippen LogP contribution is 2.35. The Labute approximate surface area is 116 Å². The molecule has 4 heteroatoms. The molecule has 2 unspecified atom stereocenters. The molecule has 19 heavy (non-hydrogen) atoms. The predicted octanol–water partition coefficient (Wildman–Crippen LogP) is 1.42. The van der Waals surface area contributed by atoms with E-state index in [1.807, 2.05) is 0 Å². The third-order valence-corrected chi connectivity index (χ3v) is 5.22. The smallest absolute Gasteiger partial charge is 0.223 e. The lowest BCUT2D eigenvalue weighted by Crippen LogP contribution is -2.55. The van der Waals surface area contributed by atoms with E-state index in [-0.39, 0.29) is 24.0 Å². The number of carbonyl (C=O) groups excluding carboxylic acids is 1. The Balaban J connectivity index is 1.96. The van der Waals surface area contributed by atoms with Gasteiger partial charge in [0.2, 0.25) is 5.91 Å². The van der Waals surface area contributed by atoms with Crippen molar-refractivity contribution in [1.82, 2.24) is 5.32 Å². The van der Waals surface area contributed by atoms with Crippen LogP contribution in [0.4, 0.5) is 0 Å². The van der Waals surface area contributed by atoms with Gasteiger partial charge in [-0.3, -0.25) is 4.79 Å². The van der Waals surface area contributed by atoms with Gasteiger partial charge in [0.05, 0.1) is 12.1 Å². The van der Waals surface area contributed by atoms with E-state index in [9.17, 15) is 9.90 Å². The first-order valence-corrected chi connectivity index (χ1v) is 7.73. The average molecular weight is 268 g/mol. The fourth-order valence-electron chi connectivity index (χ4n) is 3.66. The van der Waals surface area contributed by atoms with Gasteiger partial charge in [-0.25, -0.2) is 0 Å². The Morgan fingerprint density at radius 2 is 2.00 bits per heavy atom. The van der Waals surface area contributed by atoms with Crippen LogP contribution in [-0.2, 0) is 4.79 Å². The minimum Gasteiger partial charge on any atom is -0.394 e. The Bertz CT molecular complexity index is 311. The Morgan fingerprint density at radius 1 is 1.32 bits per heavy atom. The van der Waals surface area contributed by atoms with Crippen LogP contribution >= 0.6 is 0 Å². The SMILES string of the molecule is CC1CCC(CO)(NC(=O)C2CCCC2CN)CC1. The maximum Gasteiger partial charge on any atom is 0.223 e. The first kappa shape index (κ1) is 14.8. The molecule has 2 saturated carbocycles. The fourth-order valence-corrected chi connectivity index (χ4v) is 3.66. The Kier molecular flexibility index (Phi) is 4.85. The second-order valence-corrected chi connectivity index (χ2v) is 6.64. The molecule has 2 aliphatic rings. The minimum atomic E-state index is -0.370. The van der Waals surface area contributed by atoms with Crippen LogP contribution in [-0.4, -0.2) is 29.7 Å². The zero-order chi connectivity index (χ0) is 13.9. The first-order chi connectivity index (χ1) is 9.10. The third kappa shape index (κ3) is 3.29. The highest BCUT2D eigenvalue weighted by Gasteiger charge is 2.39. The number of aliphatic hydroxyl groups is 1. The van der Waals surface area contributed by atoms with Gasteiger partial charge in [0.15, 0.2) is 0 Å². The predicted molar refractivity (Wildman–Crippen MR) is 75.5 cm³/mol. The summed E-state index contributed by atoms with van der Waals surface area (Å²) < 4.78 is 0. The first-order valence-electron chi connectivity index (χ1n) is 7.73. The molecule has 1 amide bonds. The number of hydrogen-bond donors (Lipinski definition) is 3. The van der Waals surface area contributed by atoms with Crippen LogP contribution < -0.4 is 11.1 Å². The maximum absolute atomic E-state index is 12.5. The summed E-state index contributed by atoms with van der Waals surface area (Å²) in [5.41, 5.74) is 5.38. The van der Waals surface area contributed by atoms with Gasteiger partial charge in [0.25, 0.3) is 0 Å². The molecule has 0 bridgehead atoms. The molecule has 2 fully saturated rings. The molecule has 0 heterocycles. The van der Waals surface area contributed by atoms with Gasteiger partial charge in [-0.15, -0.1) is 0 Å². The summed E-state index contributed by atoms with van der Waals surface area (Å²) in [6, 6.07) is 0. The van der Waals surface area contributed by atoms with E-state index in [0.29, 0.717) is 18.4 Å². The molecule has 4 N–H and O–H groups in total. The van der Waals surface area contributed by atoms with Crippen molar-refractivity contribution in [3.05, 3.63) is 0 Å². The molecular formula is C15H28N2O2. The average Bonchev–Trinajstić information content (AvgIpc) is 2.90. The molecule has 4 nitrogen and oxygen atoms in total. The van der Waals surface area contributed by atoms with Crippen molar-refractivity contribution in [2.24, 2.45) is 23.5 Å². The molecule has 2 aliphatic carbocycles. The molecular weight excluding hydrogens is 240 g/mol. The zero-order valence-corrected chi connectivity index (χ0v) is 12.0. The van der Waals surface area contributed by atoms with Crippen LogP contribution in [0.2, 0.25) is 0 Å². The number of amides is 1. The molecule has 0 aromatic carbocycles. The van der Waals surface area contributed by atoms with Crippen LogP contribution in [0, 0.1) is 17.8 Å². The maximum atomic E-state index is 12.5. The largest absolute Gasteiger partial charge is 0.394 e. The van der Waals surface area contributed by atoms with Gasteiger partial charge >= 0.3 is 0 Å². The van der Waals surface area contributed by atoms with E-state index in [1.54, 1.807) is 0 Å². The van der Waals surface area contributed by atoms with Gasteiger partial charge in [0.1, 0.15) is 0 Å². The van der Waals surface area contributed by atoms with Gasteiger partial charge in [-0.1, -0.05) is 13.3 Å². The van der Waals surface area contributed by atoms with Crippen molar-refractivity contribution in [1.29, 1.82) is 0 Å². The van der Waals surface area contributed by atoms with E-state index in [4.69, 9.17) is 5.73 Å². The Morgan fingerprint density at radius 3 is 2.58 bits per heavy atom. The van der Waals surface area contributed by atoms with Gasteiger partial charge in [0, 0.05) is 5.92 Å². The van der Waals surface area contributed by atoms with E-state index >= 15 is 0 Å². The highest BCUT2D eigenvalue weighted by atomic mass is 16.3. The molecule has 0 aliphatic heterocycles. The van der Waals surface area contributed by atoms with Gasteiger partial charge in [-0.2, -0.15) is 0 Å². The summed E-state index contributed by atoms with van der Waals surface area (Å²) in [4.78, 5) is 12.5. The molecule has 110 valence electrons. The van der Waals surface area contributed by atoms with E-state index < -0.39 is 0 Å². The van der Waals surface area contributed by atoms with E-state index in [0.717, 1.165) is 44.9 Å². The minimum absolute atomic E-state index is 0.0610. The second-order valence-electron chi connectivity index (χ2n) is 6.64. The normalized spacial score (nSPS) is 39.2. The summed E-state index contributed by atoms with van der Waals surface area (Å²) in [6.07, 6.45) is 7.09. The van der Waals surface area contributed by atoms with Crippen molar-refractivity contribution in [2.45, 2.75) is 57.4 Å². The van der Waals surface area contributed by atoms with Crippen molar-refractivity contribution in [3.63, 3.8) is 0 Å². The summed E-state index contributed by atoms with van der Waals surface area (Å²) in [5.74, 6) is 1.22. The summed E-state index contributed by atoms with van der Waals surface area (Å²) >= 11 is 0. The van der Waals surface area contributed by atoms with Crippen LogP contribution in [0.1, 0.15) is 51.9 Å². The highest BCUT2D eigenvalue weighted by molar-refractivity contribution is 5.80. The summed E-state index contributed by atoms with van der Waals surface area (Å²) in [7, 11) is 0. The molecule has 0 saturated heterocycles. The number of rotatable bonds is 4. The summed E-state index contributed by atoms with van der Waals surface area (Å²) in [6.45, 7) is 2.90. The number of hydrogen-bond acceptors (Lipinski definition) is 3. The molecule has 0 aromatic rings. The number of nitrogens with two attached hydrogens (primary N) is 1. The van der Waals surface area contributed by atoms with Crippen LogP contribution in [0.3, 0.4) is 0 Å². The van der Waals surface area contributed by atoms with Crippen molar-refractivity contribution in [3.8, 4) is 0 Å². The molecule has 0 aromatic heterocycles. The van der Waals surface area contributed by atoms with Gasteiger partial charge in [-0.05, 0) is 56.9 Å². The lowest BCUT2D eigenvalue weighted by molar-refractivity contribution is -0.129. The second kappa shape index (κ2) is 6.23. The Hall–Kier alpha value is -0.610. The molecule has 0 spiro atoms. The number of aliphatic hydroxyl groups excluding tert-OH is 1.